The minimum Gasteiger partial charge on any atom is -0.455 e. The van der Waals surface area contributed by atoms with E-state index in [1.54, 1.807) is 41.5 Å². The van der Waals surface area contributed by atoms with Gasteiger partial charge in [0.25, 0.3) is 0 Å². The molecule has 0 aromatic heterocycles. The van der Waals surface area contributed by atoms with Crippen LogP contribution in [0, 0.1) is 0 Å². The Labute approximate surface area is 137 Å². The first-order valence-electron chi connectivity index (χ1n) is 7.63. The molecule has 1 amide bonds. The van der Waals surface area contributed by atoms with Crippen LogP contribution in [0.2, 0.25) is 0 Å². The molecule has 0 aliphatic carbocycles. The fraction of sp³-hybridized carbons (Fsp3) is 0.750. The quantitative estimate of drug-likeness (QED) is 0.630. The van der Waals surface area contributed by atoms with Gasteiger partial charge in [0.15, 0.2) is 6.29 Å². The van der Waals surface area contributed by atoms with Crippen LogP contribution < -0.4 is 5.32 Å². The predicted molar refractivity (Wildman–Crippen MR) is 83.6 cm³/mol. The molecule has 0 aromatic carbocycles. The summed E-state index contributed by atoms with van der Waals surface area (Å²) in [4.78, 5) is 24.1. The van der Waals surface area contributed by atoms with Crippen LogP contribution in [-0.2, 0) is 23.7 Å². The lowest BCUT2D eigenvalue weighted by molar-refractivity contribution is -0.150. The second-order valence-electron chi connectivity index (χ2n) is 7.15. The van der Waals surface area contributed by atoms with Gasteiger partial charge in [-0.3, -0.25) is 5.32 Å². The average Bonchev–Trinajstić information content (AvgIpc) is 2.82. The van der Waals surface area contributed by atoms with E-state index in [9.17, 15) is 9.59 Å². The lowest BCUT2D eigenvalue weighted by Crippen LogP contribution is -2.36. The lowest BCUT2D eigenvalue weighted by atomic mass is 10.2. The van der Waals surface area contributed by atoms with Crippen LogP contribution in [0.4, 0.5) is 4.79 Å². The van der Waals surface area contributed by atoms with Crippen LogP contribution in [0.1, 0.15) is 48.0 Å². The Balaban J connectivity index is 2.76. The van der Waals surface area contributed by atoms with E-state index in [4.69, 9.17) is 18.9 Å². The van der Waals surface area contributed by atoms with Crippen LogP contribution in [-0.4, -0.2) is 42.8 Å². The number of ether oxygens (including phenoxy) is 4. The summed E-state index contributed by atoms with van der Waals surface area (Å²) in [6.45, 7) is 11.5. The number of carbonyl (C=O) groups excluding carboxylic acids is 2. The molecule has 1 rings (SSSR count). The van der Waals surface area contributed by atoms with Crippen molar-refractivity contribution < 1.29 is 28.5 Å². The third-order valence-electron chi connectivity index (χ3n) is 2.46. The third kappa shape index (κ3) is 8.56. The van der Waals surface area contributed by atoms with Crippen molar-refractivity contribution in [2.75, 3.05) is 13.2 Å². The van der Waals surface area contributed by atoms with Crippen molar-refractivity contribution in [3.05, 3.63) is 11.8 Å². The molecule has 0 radical (unpaired) electrons. The van der Waals surface area contributed by atoms with Gasteiger partial charge < -0.3 is 18.9 Å². The summed E-state index contributed by atoms with van der Waals surface area (Å²) in [6, 6.07) is 0. The lowest BCUT2D eigenvalue weighted by Gasteiger charge is -2.23. The van der Waals surface area contributed by atoms with Crippen molar-refractivity contribution in [2.45, 2.75) is 65.5 Å². The number of hydrogen-bond acceptors (Lipinski definition) is 6. The van der Waals surface area contributed by atoms with E-state index in [1.165, 1.54) is 6.08 Å². The van der Waals surface area contributed by atoms with Crippen molar-refractivity contribution in [3.63, 3.8) is 0 Å². The van der Waals surface area contributed by atoms with Crippen molar-refractivity contribution >= 4 is 12.1 Å². The Hall–Kier alpha value is -1.60. The number of esters is 1. The molecule has 0 saturated carbocycles. The largest absolute Gasteiger partial charge is 0.455 e. The molecule has 23 heavy (non-hydrogen) atoms. The zero-order chi connectivity index (χ0) is 17.7. The first-order chi connectivity index (χ1) is 10.5. The number of nitrogens with one attached hydrogen (secondary N) is 1. The first kappa shape index (κ1) is 19.4. The monoisotopic (exact) mass is 329 g/mol. The smallest absolute Gasteiger partial charge is 0.412 e. The fourth-order valence-corrected chi connectivity index (χ4v) is 1.69. The van der Waals surface area contributed by atoms with Gasteiger partial charge in [-0.25, -0.2) is 9.59 Å². The molecule has 1 fully saturated rings. The van der Waals surface area contributed by atoms with Crippen LogP contribution in [0.3, 0.4) is 0 Å². The van der Waals surface area contributed by atoms with E-state index >= 15 is 0 Å². The summed E-state index contributed by atoms with van der Waals surface area (Å²) < 4.78 is 21.1. The second kappa shape index (κ2) is 7.79. The van der Waals surface area contributed by atoms with E-state index in [2.05, 4.69) is 5.32 Å². The Morgan fingerprint density at radius 3 is 2.04 bits per heavy atom. The van der Waals surface area contributed by atoms with Gasteiger partial charge >= 0.3 is 12.1 Å². The summed E-state index contributed by atoms with van der Waals surface area (Å²) >= 11 is 0. The van der Waals surface area contributed by atoms with Crippen LogP contribution in [0.15, 0.2) is 11.8 Å². The SMILES string of the molecule is CC(C)(C)OC(=O)N/C(=C/CC1OCCO1)C(=O)OC(C)(C)C. The number of amides is 1. The Bertz CT molecular complexity index is 452. The second-order valence-corrected chi connectivity index (χ2v) is 7.15. The summed E-state index contributed by atoms with van der Waals surface area (Å²) in [5.74, 6) is -0.638. The summed E-state index contributed by atoms with van der Waals surface area (Å²) in [7, 11) is 0. The zero-order valence-electron chi connectivity index (χ0n) is 14.7. The minimum absolute atomic E-state index is 0.00766. The van der Waals surface area contributed by atoms with E-state index < -0.39 is 29.6 Å². The molecule has 1 saturated heterocycles. The van der Waals surface area contributed by atoms with Gasteiger partial charge in [0.05, 0.1) is 13.2 Å². The zero-order valence-corrected chi connectivity index (χ0v) is 14.7. The van der Waals surface area contributed by atoms with Gasteiger partial charge in [-0.1, -0.05) is 0 Å². The van der Waals surface area contributed by atoms with Crippen LogP contribution >= 0.6 is 0 Å². The van der Waals surface area contributed by atoms with Gasteiger partial charge in [-0.15, -0.1) is 0 Å². The van der Waals surface area contributed by atoms with Crippen molar-refractivity contribution in [1.29, 1.82) is 0 Å². The highest BCUT2D eigenvalue weighted by Crippen LogP contribution is 2.14. The van der Waals surface area contributed by atoms with Crippen molar-refractivity contribution in [1.82, 2.24) is 5.32 Å². The summed E-state index contributed by atoms with van der Waals surface area (Å²) in [6.07, 6.45) is 0.703. The Morgan fingerprint density at radius 2 is 1.57 bits per heavy atom. The molecule has 0 atom stereocenters. The fourth-order valence-electron chi connectivity index (χ4n) is 1.69. The molecule has 7 nitrogen and oxygen atoms in total. The molecule has 0 aromatic rings. The van der Waals surface area contributed by atoms with Crippen molar-refractivity contribution in [2.24, 2.45) is 0 Å². The molecule has 1 heterocycles. The molecule has 1 aliphatic rings. The molecule has 0 spiro atoms. The Morgan fingerprint density at radius 1 is 1.04 bits per heavy atom. The first-order valence-corrected chi connectivity index (χ1v) is 7.63. The van der Waals surface area contributed by atoms with Crippen LogP contribution in [0.25, 0.3) is 0 Å². The minimum atomic E-state index is -0.720. The molecular formula is C16H27NO6. The molecule has 0 unspecified atom stereocenters. The van der Waals surface area contributed by atoms with Crippen molar-refractivity contribution in [3.8, 4) is 0 Å². The Kier molecular flexibility index (Phi) is 6.58. The standard InChI is InChI=1S/C16H27NO6/c1-15(2,3)22-13(18)11(7-8-12-20-9-10-21-12)17-14(19)23-16(4,5)6/h7,12H,8-10H2,1-6H3,(H,17,19)/b11-7+. The van der Waals surface area contributed by atoms with E-state index in [0.29, 0.717) is 19.6 Å². The molecule has 1 N–H and O–H groups in total. The third-order valence-corrected chi connectivity index (χ3v) is 2.46. The molecule has 132 valence electrons. The van der Waals surface area contributed by atoms with Gasteiger partial charge in [-0.2, -0.15) is 0 Å². The number of carbonyl (C=O) groups is 2. The predicted octanol–water partition coefficient (Wildman–Crippen LogP) is 2.50. The highest BCUT2D eigenvalue weighted by Gasteiger charge is 2.25. The summed E-state index contributed by atoms with van der Waals surface area (Å²) in [5.41, 5.74) is -1.33. The molecular weight excluding hydrogens is 302 g/mol. The molecule has 7 heteroatoms. The van der Waals surface area contributed by atoms with Gasteiger partial charge in [0.2, 0.25) is 0 Å². The van der Waals surface area contributed by atoms with E-state index in [1.807, 2.05) is 0 Å². The maximum absolute atomic E-state index is 12.2. The highest BCUT2D eigenvalue weighted by molar-refractivity contribution is 5.92. The number of rotatable bonds is 4. The maximum atomic E-state index is 12.2. The normalized spacial score (nSPS) is 17.0. The maximum Gasteiger partial charge on any atom is 0.412 e. The van der Waals surface area contributed by atoms with Gasteiger partial charge in [0, 0.05) is 6.42 Å². The molecule has 0 bridgehead atoms. The van der Waals surface area contributed by atoms with E-state index in [0.717, 1.165) is 0 Å². The van der Waals surface area contributed by atoms with E-state index in [-0.39, 0.29) is 5.70 Å². The number of hydrogen-bond donors (Lipinski definition) is 1. The highest BCUT2D eigenvalue weighted by atomic mass is 16.7. The topological polar surface area (TPSA) is 83.1 Å². The van der Waals surface area contributed by atoms with Gasteiger partial charge in [-0.05, 0) is 47.6 Å². The van der Waals surface area contributed by atoms with Gasteiger partial charge in [0.1, 0.15) is 16.9 Å². The average molecular weight is 329 g/mol. The van der Waals surface area contributed by atoms with Crippen LogP contribution in [0.5, 0.6) is 0 Å². The molecule has 1 aliphatic heterocycles. The summed E-state index contributed by atoms with van der Waals surface area (Å²) in [5, 5.41) is 2.43. The number of alkyl carbamates (subject to hydrolysis) is 1.